The third kappa shape index (κ3) is 2.60. The molecule has 5 heteroatoms. The van der Waals surface area contributed by atoms with Gasteiger partial charge in [0.25, 0.3) is 5.91 Å². The Bertz CT molecular complexity index is 583. The molecule has 0 bridgehead atoms. The van der Waals surface area contributed by atoms with Crippen molar-refractivity contribution in [1.82, 2.24) is 5.32 Å². The van der Waals surface area contributed by atoms with Gasteiger partial charge in [-0.15, -0.1) is 0 Å². The van der Waals surface area contributed by atoms with Crippen LogP contribution in [0.25, 0.3) is 0 Å². The van der Waals surface area contributed by atoms with Crippen LogP contribution in [-0.4, -0.2) is 30.9 Å². The van der Waals surface area contributed by atoms with Crippen LogP contribution in [0.3, 0.4) is 0 Å². The molecular formula is C16H21N3O2. The predicted molar refractivity (Wildman–Crippen MR) is 82.6 cm³/mol. The molecule has 5 nitrogen and oxygen atoms in total. The maximum Gasteiger partial charge on any atom is 0.251 e. The molecule has 2 amide bonds. The number of benzene rings is 1. The summed E-state index contributed by atoms with van der Waals surface area (Å²) in [5.41, 5.74) is 2.36. The molecule has 1 fully saturated rings. The second kappa shape index (κ2) is 5.39. The Balaban J connectivity index is 1.83. The summed E-state index contributed by atoms with van der Waals surface area (Å²) in [6.07, 6.45) is 1.94. The van der Waals surface area contributed by atoms with Crippen molar-refractivity contribution in [2.75, 3.05) is 23.3 Å². The summed E-state index contributed by atoms with van der Waals surface area (Å²) in [6, 6.07) is 5.51. The fourth-order valence-electron chi connectivity index (χ4n) is 2.97. The van der Waals surface area contributed by atoms with E-state index in [0.717, 1.165) is 30.8 Å². The number of hydrogen-bond acceptors (Lipinski definition) is 3. The van der Waals surface area contributed by atoms with Gasteiger partial charge in [-0.25, -0.2) is 0 Å². The summed E-state index contributed by atoms with van der Waals surface area (Å²) in [4.78, 5) is 26.3. The zero-order chi connectivity index (χ0) is 15.0. The molecule has 0 spiro atoms. The number of nitrogens with zero attached hydrogens (tertiary/aromatic N) is 1. The summed E-state index contributed by atoms with van der Waals surface area (Å²) in [6.45, 7) is 5.67. The molecular weight excluding hydrogens is 266 g/mol. The number of hydrogen-bond donors (Lipinski definition) is 2. The highest BCUT2D eigenvalue weighted by Gasteiger charge is 2.36. The molecule has 2 heterocycles. The number of amides is 2. The fraction of sp³-hybridized carbons (Fsp3) is 0.500. The number of carbonyl (C=O) groups excluding carboxylic acids is 2. The molecule has 0 saturated carbocycles. The Kier molecular flexibility index (Phi) is 3.57. The summed E-state index contributed by atoms with van der Waals surface area (Å²) >= 11 is 0. The summed E-state index contributed by atoms with van der Waals surface area (Å²) in [5.74, 6) is 0.362. The fourth-order valence-corrected chi connectivity index (χ4v) is 2.97. The predicted octanol–water partition coefficient (Wildman–Crippen LogP) is 1.99. The third-order valence-electron chi connectivity index (χ3n) is 4.05. The average molecular weight is 287 g/mol. The minimum Gasteiger partial charge on any atom is -0.358 e. The highest BCUT2D eigenvalue weighted by atomic mass is 16.2. The van der Waals surface area contributed by atoms with Crippen LogP contribution in [0.2, 0.25) is 0 Å². The molecule has 3 rings (SSSR count). The molecule has 112 valence electrons. The van der Waals surface area contributed by atoms with E-state index in [1.54, 1.807) is 6.07 Å². The lowest BCUT2D eigenvalue weighted by atomic mass is 10.1. The van der Waals surface area contributed by atoms with Gasteiger partial charge in [0.15, 0.2) is 0 Å². The average Bonchev–Trinajstić information content (AvgIpc) is 2.94. The lowest BCUT2D eigenvalue weighted by molar-refractivity contribution is -0.117. The Morgan fingerprint density at radius 3 is 3.05 bits per heavy atom. The first kappa shape index (κ1) is 13.9. The first-order chi connectivity index (χ1) is 10.1. The van der Waals surface area contributed by atoms with Crippen LogP contribution in [-0.2, 0) is 4.79 Å². The first-order valence-corrected chi connectivity index (χ1v) is 7.56. The zero-order valence-corrected chi connectivity index (χ0v) is 12.5. The van der Waals surface area contributed by atoms with E-state index in [9.17, 15) is 9.59 Å². The SMILES string of the molecule is CC(C)CNC(=O)c1ccc2c(c1)NC(=O)C1CCCN21. The lowest BCUT2D eigenvalue weighted by Gasteiger charge is -2.33. The Morgan fingerprint density at radius 1 is 1.48 bits per heavy atom. The second-order valence-corrected chi connectivity index (χ2v) is 6.18. The van der Waals surface area contributed by atoms with Crippen molar-refractivity contribution >= 4 is 23.2 Å². The Hall–Kier alpha value is -2.04. The van der Waals surface area contributed by atoms with Crippen molar-refractivity contribution in [3.05, 3.63) is 23.8 Å². The number of nitrogens with one attached hydrogen (secondary N) is 2. The molecule has 2 N–H and O–H groups in total. The van der Waals surface area contributed by atoms with Gasteiger partial charge in [-0.05, 0) is 37.0 Å². The first-order valence-electron chi connectivity index (χ1n) is 7.56. The zero-order valence-electron chi connectivity index (χ0n) is 12.5. The molecule has 1 aromatic rings. The summed E-state index contributed by atoms with van der Waals surface area (Å²) < 4.78 is 0. The van der Waals surface area contributed by atoms with Gasteiger partial charge < -0.3 is 15.5 Å². The van der Waals surface area contributed by atoms with Crippen LogP contribution in [0.4, 0.5) is 11.4 Å². The highest BCUT2D eigenvalue weighted by Crippen LogP contribution is 2.37. The molecule has 0 radical (unpaired) electrons. The minimum absolute atomic E-state index is 0.0414. The lowest BCUT2D eigenvalue weighted by Crippen LogP contribution is -2.44. The van der Waals surface area contributed by atoms with E-state index in [-0.39, 0.29) is 17.9 Å². The minimum atomic E-state index is -0.0932. The van der Waals surface area contributed by atoms with Gasteiger partial charge >= 0.3 is 0 Å². The largest absolute Gasteiger partial charge is 0.358 e. The van der Waals surface area contributed by atoms with Crippen LogP contribution in [0.5, 0.6) is 0 Å². The van der Waals surface area contributed by atoms with Crippen molar-refractivity contribution in [2.24, 2.45) is 5.92 Å². The topological polar surface area (TPSA) is 61.4 Å². The smallest absolute Gasteiger partial charge is 0.251 e. The molecule has 1 saturated heterocycles. The quantitative estimate of drug-likeness (QED) is 0.894. The van der Waals surface area contributed by atoms with Crippen LogP contribution in [0.15, 0.2) is 18.2 Å². The molecule has 2 aliphatic rings. The Morgan fingerprint density at radius 2 is 2.29 bits per heavy atom. The van der Waals surface area contributed by atoms with Gasteiger partial charge in [-0.2, -0.15) is 0 Å². The van der Waals surface area contributed by atoms with Gasteiger partial charge in [-0.3, -0.25) is 9.59 Å². The van der Waals surface area contributed by atoms with E-state index in [4.69, 9.17) is 0 Å². The third-order valence-corrected chi connectivity index (χ3v) is 4.05. The summed E-state index contributed by atoms with van der Waals surface area (Å²) in [7, 11) is 0. The number of rotatable bonds is 3. The maximum absolute atomic E-state index is 12.1. The summed E-state index contributed by atoms with van der Waals surface area (Å²) in [5, 5.41) is 5.83. The van der Waals surface area contributed by atoms with Crippen molar-refractivity contribution in [3.8, 4) is 0 Å². The molecule has 2 aliphatic heterocycles. The van der Waals surface area contributed by atoms with Crippen LogP contribution in [0.1, 0.15) is 37.0 Å². The standard InChI is InChI=1S/C16H21N3O2/c1-10(2)9-17-15(20)11-5-6-13-12(8-11)18-16(21)14-4-3-7-19(13)14/h5-6,8,10,14H,3-4,7,9H2,1-2H3,(H,17,20)(H,18,21). The normalized spacial score (nSPS) is 20.0. The van der Waals surface area contributed by atoms with Gasteiger partial charge in [0.2, 0.25) is 5.91 Å². The number of anilines is 2. The molecule has 21 heavy (non-hydrogen) atoms. The van der Waals surface area contributed by atoms with E-state index >= 15 is 0 Å². The van der Waals surface area contributed by atoms with Crippen LogP contribution >= 0.6 is 0 Å². The van der Waals surface area contributed by atoms with Crippen molar-refractivity contribution in [3.63, 3.8) is 0 Å². The Labute approximate surface area is 124 Å². The monoisotopic (exact) mass is 287 g/mol. The van der Waals surface area contributed by atoms with Crippen LogP contribution < -0.4 is 15.5 Å². The molecule has 0 aromatic heterocycles. The molecule has 1 unspecified atom stereocenters. The maximum atomic E-state index is 12.1. The van der Waals surface area contributed by atoms with E-state index in [0.29, 0.717) is 18.0 Å². The molecule has 0 aliphatic carbocycles. The van der Waals surface area contributed by atoms with Gasteiger partial charge in [0, 0.05) is 18.7 Å². The van der Waals surface area contributed by atoms with Crippen LogP contribution in [0, 0.1) is 5.92 Å². The number of carbonyl (C=O) groups is 2. The second-order valence-electron chi connectivity index (χ2n) is 6.18. The van der Waals surface area contributed by atoms with E-state index in [1.165, 1.54) is 0 Å². The van der Waals surface area contributed by atoms with E-state index in [2.05, 4.69) is 29.4 Å². The van der Waals surface area contributed by atoms with Crippen molar-refractivity contribution < 1.29 is 9.59 Å². The molecule has 1 atom stereocenters. The van der Waals surface area contributed by atoms with E-state index < -0.39 is 0 Å². The van der Waals surface area contributed by atoms with Gasteiger partial charge in [0.1, 0.15) is 6.04 Å². The van der Waals surface area contributed by atoms with Crippen molar-refractivity contribution in [2.45, 2.75) is 32.7 Å². The number of fused-ring (bicyclic) bond motifs is 3. The van der Waals surface area contributed by atoms with Gasteiger partial charge in [-0.1, -0.05) is 13.8 Å². The molecule has 1 aromatic carbocycles. The van der Waals surface area contributed by atoms with Gasteiger partial charge in [0.05, 0.1) is 11.4 Å². The van der Waals surface area contributed by atoms with E-state index in [1.807, 2.05) is 12.1 Å². The highest BCUT2D eigenvalue weighted by molar-refractivity contribution is 6.06. The van der Waals surface area contributed by atoms with Crippen molar-refractivity contribution in [1.29, 1.82) is 0 Å².